The summed E-state index contributed by atoms with van der Waals surface area (Å²) in [5.41, 5.74) is 4.78. The van der Waals surface area contributed by atoms with E-state index in [0.29, 0.717) is 0 Å². The van der Waals surface area contributed by atoms with Crippen molar-refractivity contribution in [3.63, 3.8) is 0 Å². The van der Waals surface area contributed by atoms with Crippen molar-refractivity contribution in [2.45, 2.75) is 13.5 Å². The lowest BCUT2D eigenvalue weighted by Gasteiger charge is -2.34. The molecular formula is C23H28N6. The molecule has 1 aliphatic rings. The zero-order valence-electron chi connectivity index (χ0n) is 17.1. The maximum atomic E-state index is 4.34. The summed E-state index contributed by atoms with van der Waals surface area (Å²) in [6.45, 7) is 7.20. The molecule has 2 N–H and O–H groups in total. The Bertz CT molecular complexity index is 915. The molecule has 0 atom stereocenters. The van der Waals surface area contributed by atoms with Crippen LogP contribution in [0.2, 0.25) is 0 Å². The van der Waals surface area contributed by atoms with Crippen LogP contribution in [-0.4, -0.2) is 48.1 Å². The summed E-state index contributed by atoms with van der Waals surface area (Å²) in [4.78, 5) is 13.5. The molecule has 1 fully saturated rings. The van der Waals surface area contributed by atoms with Crippen molar-refractivity contribution in [1.29, 1.82) is 0 Å². The average Bonchev–Trinajstić information content (AvgIpc) is 2.75. The van der Waals surface area contributed by atoms with E-state index in [1.165, 1.54) is 16.8 Å². The van der Waals surface area contributed by atoms with Gasteiger partial charge in [-0.15, -0.1) is 0 Å². The third-order valence-electron chi connectivity index (χ3n) is 5.27. The molecule has 3 aromatic rings. The quantitative estimate of drug-likeness (QED) is 0.668. The van der Waals surface area contributed by atoms with Crippen LogP contribution >= 0.6 is 0 Å². The van der Waals surface area contributed by atoms with Gasteiger partial charge in [0, 0.05) is 50.2 Å². The SMILES string of the molecule is Cc1ccc(CNc2cc(Nc3ccc(N4CCN(C)CC4)cc3)ncn2)cc1. The van der Waals surface area contributed by atoms with Gasteiger partial charge in [0.1, 0.15) is 18.0 Å². The fourth-order valence-corrected chi connectivity index (χ4v) is 3.39. The molecule has 1 aromatic heterocycles. The number of anilines is 4. The minimum absolute atomic E-state index is 0.733. The maximum absolute atomic E-state index is 4.34. The predicted octanol–water partition coefficient (Wildman–Crippen LogP) is 3.89. The lowest BCUT2D eigenvalue weighted by Crippen LogP contribution is -2.44. The summed E-state index contributed by atoms with van der Waals surface area (Å²) in [7, 11) is 2.18. The number of likely N-dealkylation sites (N-methyl/N-ethyl adjacent to an activating group) is 1. The fourth-order valence-electron chi connectivity index (χ4n) is 3.39. The summed E-state index contributed by atoms with van der Waals surface area (Å²) >= 11 is 0. The van der Waals surface area contributed by atoms with Crippen LogP contribution in [0.4, 0.5) is 23.0 Å². The third kappa shape index (κ3) is 5.23. The van der Waals surface area contributed by atoms with Crippen LogP contribution in [0.15, 0.2) is 60.9 Å². The van der Waals surface area contributed by atoms with Gasteiger partial charge in [0.25, 0.3) is 0 Å². The number of rotatable bonds is 6. The lowest BCUT2D eigenvalue weighted by atomic mass is 10.1. The summed E-state index contributed by atoms with van der Waals surface area (Å²) < 4.78 is 0. The first-order chi connectivity index (χ1) is 14.2. The molecule has 0 saturated carbocycles. The molecule has 0 amide bonds. The molecule has 4 rings (SSSR count). The smallest absolute Gasteiger partial charge is 0.135 e. The Hall–Kier alpha value is -3.12. The third-order valence-corrected chi connectivity index (χ3v) is 5.27. The van der Waals surface area contributed by atoms with Crippen LogP contribution in [0.1, 0.15) is 11.1 Å². The molecule has 1 aliphatic heterocycles. The Balaban J connectivity index is 1.35. The highest BCUT2D eigenvalue weighted by atomic mass is 15.2. The van der Waals surface area contributed by atoms with Crippen LogP contribution < -0.4 is 15.5 Å². The molecule has 0 unspecified atom stereocenters. The number of hydrogen-bond acceptors (Lipinski definition) is 6. The highest BCUT2D eigenvalue weighted by Crippen LogP contribution is 2.22. The Labute approximate surface area is 172 Å². The van der Waals surface area contributed by atoms with Crippen molar-refractivity contribution in [2.75, 3.05) is 48.8 Å². The number of hydrogen-bond donors (Lipinski definition) is 2. The van der Waals surface area contributed by atoms with Gasteiger partial charge in [-0.1, -0.05) is 29.8 Å². The second kappa shape index (κ2) is 8.92. The van der Waals surface area contributed by atoms with Crippen LogP contribution in [0.25, 0.3) is 0 Å². The molecule has 0 spiro atoms. The summed E-state index contributed by atoms with van der Waals surface area (Å²) in [5, 5.41) is 6.73. The minimum Gasteiger partial charge on any atom is -0.369 e. The van der Waals surface area contributed by atoms with E-state index in [1.807, 2.05) is 6.07 Å². The second-order valence-corrected chi connectivity index (χ2v) is 7.59. The van der Waals surface area contributed by atoms with Crippen molar-refractivity contribution in [1.82, 2.24) is 14.9 Å². The summed E-state index contributed by atoms with van der Waals surface area (Å²) in [5.74, 6) is 1.58. The van der Waals surface area contributed by atoms with Crippen LogP contribution in [-0.2, 0) is 6.54 Å². The molecule has 1 saturated heterocycles. The maximum Gasteiger partial charge on any atom is 0.135 e. The number of aryl methyl sites for hydroxylation is 1. The van der Waals surface area contributed by atoms with E-state index < -0.39 is 0 Å². The van der Waals surface area contributed by atoms with E-state index in [9.17, 15) is 0 Å². The molecule has 2 heterocycles. The lowest BCUT2D eigenvalue weighted by molar-refractivity contribution is 0.313. The molecule has 150 valence electrons. The first kappa shape index (κ1) is 19.2. The molecule has 0 aliphatic carbocycles. The standard InChI is InChI=1S/C23H28N6/c1-18-3-5-19(6-4-18)16-24-22-15-23(26-17-25-22)27-20-7-9-21(10-8-20)29-13-11-28(2)12-14-29/h3-10,15,17H,11-14,16H2,1-2H3,(H2,24,25,26,27). The molecule has 6 heteroatoms. The van der Waals surface area contributed by atoms with Gasteiger partial charge in [-0.25, -0.2) is 9.97 Å². The zero-order valence-corrected chi connectivity index (χ0v) is 17.1. The van der Waals surface area contributed by atoms with Gasteiger partial charge < -0.3 is 20.4 Å². The van der Waals surface area contributed by atoms with Crippen LogP contribution in [0.3, 0.4) is 0 Å². The van der Waals surface area contributed by atoms with Gasteiger partial charge >= 0.3 is 0 Å². The van der Waals surface area contributed by atoms with Crippen LogP contribution in [0.5, 0.6) is 0 Å². The van der Waals surface area contributed by atoms with Crippen molar-refractivity contribution in [3.05, 3.63) is 72.1 Å². The van der Waals surface area contributed by atoms with E-state index in [-0.39, 0.29) is 0 Å². The molecule has 0 radical (unpaired) electrons. The Kier molecular flexibility index (Phi) is 5.91. The van der Waals surface area contributed by atoms with Gasteiger partial charge in [-0.3, -0.25) is 0 Å². The first-order valence-electron chi connectivity index (χ1n) is 10.1. The monoisotopic (exact) mass is 388 g/mol. The molecule has 2 aromatic carbocycles. The van der Waals surface area contributed by atoms with Gasteiger partial charge in [-0.2, -0.15) is 0 Å². The number of aromatic nitrogens is 2. The van der Waals surface area contributed by atoms with E-state index in [2.05, 4.69) is 92.9 Å². The largest absolute Gasteiger partial charge is 0.369 e. The van der Waals surface area contributed by atoms with Gasteiger partial charge in [-0.05, 0) is 43.8 Å². The number of nitrogens with zero attached hydrogens (tertiary/aromatic N) is 4. The number of nitrogens with one attached hydrogen (secondary N) is 2. The molecule has 6 nitrogen and oxygen atoms in total. The normalized spacial score (nSPS) is 14.6. The zero-order chi connectivity index (χ0) is 20.1. The van der Waals surface area contributed by atoms with E-state index >= 15 is 0 Å². The topological polar surface area (TPSA) is 56.3 Å². The van der Waals surface area contributed by atoms with Gasteiger partial charge in [0.15, 0.2) is 0 Å². The minimum atomic E-state index is 0.733. The van der Waals surface area contributed by atoms with Crippen molar-refractivity contribution >= 4 is 23.0 Å². The highest BCUT2D eigenvalue weighted by Gasteiger charge is 2.14. The van der Waals surface area contributed by atoms with Gasteiger partial charge in [0.2, 0.25) is 0 Å². The molecule has 29 heavy (non-hydrogen) atoms. The van der Waals surface area contributed by atoms with Gasteiger partial charge in [0.05, 0.1) is 0 Å². The molecule has 0 bridgehead atoms. The predicted molar refractivity (Wildman–Crippen MR) is 120 cm³/mol. The van der Waals surface area contributed by atoms with E-state index in [0.717, 1.165) is 50.0 Å². The van der Waals surface area contributed by atoms with Crippen LogP contribution in [0, 0.1) is 6.92 Å². The summed E-state index contributed by atoms with van der Waals surface area (Å²) in [6, 6.07) is 19.0. The Morgan fingerprint density at radius 1 is 0.862 bits per heavy atom. The fraction of sp³-hybridized carbons (Fsp3) is 0.304. The van der Waals surface area contributed by atoms with Crippen molar-refractivity contribution < 1.29 is 0 Å². The Morgan fingerprint density at radius 3 is 2.28 bits per heavy atom. The van der Waals surface area contributed by atoms with E-state index in [4.69, 9.17) is 0 Å². The Morgan fingerprint density at radius 2 is 1.55 bits per heavy atom. The first-order valence-corrected chi connectivity index (χ1v) is 10.1. The number of piperazine rings is 1. The second-order valence-electron chi connectivity index (χ2n) is 7.59. The van der Waals surface area contributed by atoms with Crippen molar-refractivity contribution in [3.8, 4) is 0 Å². The van der Waals surface area contributed by atoms with E-state index in [1.54, 1.807) is 6.33 Å². The summed E-state index contributed by atoms with van der Waals surface area (Å²) in [6.07, 6.45) is 1.58. The number of benzene rings is 2. The average molecular weight is 389 g/mol. The van der Waals surface area contributed by atoms with Crippen molar-refractivity contribution in [2.24, 2.45) is 0 Å². The molecular weight excluding hydrogens is 360 g/mol. The highest BCUT2D eigenvalue weighted by molar-refractivity contribution is 5.62.